The number of carbonyl (C=O) groups is 1. The summed E-state index contributed by atoms with van der Waals surface area (Å²) in [7, 11) is 0. The quantitative estimate of drug-likeness (QED) is 0.687. The highest BCUT2D eigenvalue weighted by atomic mass is 16.5. The Morgan fingerprint density at radius 2 is 2.26 bits per heavy atom. The van der Waals surface area contributed by atoms with E-state index >= 15 is 0 Å². The second kappa shape index (κ2) is 7.05. The molecule has 0 bridgehead atoms. The minimum Gasteiger partial charge on any atom is -0.455 e. The summed E-state index contributed by atoms with van der Waals surface area (Å²) in [5.41, 5.74) is 5.21. The van der Waals surface area contributed by atoms with E-state index in [0.29, 0.717) is 18.8 Å². The first-order valence-electron chi connectivity index (χ1n) is 11.1. The van der Waals surface area contributed by atoms with Crippen molar-refractivity contribution in [1.82, 2.24) is 20.1 Å². The molecule has 1 atom stereocenters. The number of carbonyl (C=O) groups excluding carboxylic acids is 1. The molecule has 1 amide bonds. The zero-order valence-electron chi connectivity index (χ0n) is 17.7. The Kier molecular flexibility index (Phi) is 4.28. The lowest BCUT2D eigenvalue weighted by Crippen LogP contribution is -2.31. The molecule has 3 aromatic heterocycles. The fourth-order valence-corrected chi connectivity index (χ4v) is 5.05. The van der Waals surface area contributed by atoms with Crippen LogP contribution in [-0.4, -0.2) is 39.9 Å². The molecule has 2 fully saturated rings. The number of amides is 1. The van der Waals surface area contributed by atoms with Crippen molar-refractivity contribution in [3.8, 4) is 11.3 Å². The Morgan fingerprint density at radius 1 is 1.35 bits per heavy atom. The predicted octanol–water partition coefficient (Wildman–Crippen LogP) is 3.39. The number of fused-ring (bicyclic) bond motifs is 4. The second-order valence-corrected chi connectivity index (χ2v) is 9.07. The van der Waals surface area contributed by atoms with Gasteiger partial charge >= 0.3 is 0 Å². The van der Waals surface area contributed by atoms with Gasteiger partial charge in [-0.2, -0.15) is 5.10 Å². The molecule has 1 saturated heterocycles. The van der Waals surface area contributed by atoms with E-state index in [1.165, 1.54) is 5.56 Å². The van der Waals surface area contributed by atoms with Crippen molar-refractivity contribution in [2.24, 2.45) is 0 Å². The van der Waals surface area contributed by atoms with Crippen LogP contribution in [0.25, 0.3) is 11.3 Å². The van der Waals surface area contributed by atoms with Gasteiger partial charge in [0, 0.05) is 54.1 Å². The van der Waals surface area contributed by atoms with Gasteiger partial charge in [-0.1, -0.05) is 6.07 Å². The Morgan fingerprint density at radius 3 is 3.00 bits per heavy atom. The van der Waals surface area contributed by atoms with Crippen molar-refractivity contribution >= 4 is 5.91 Å². The zero-order chi connectivity index (χ0) is 21.0. The molecule has 1 spiro atoms. The van der Waals surface area contributed by atoms with Crippen LogP contribution in [0.5, 0.6) is 0 Å². The van der Waals surface area contributed by atoms with Crippen molar-refractivity contribution in [3.05, 3.63) is 58.9 Å². The number of pyridine rings is 1. The number of nitrogens with zero attached hydrogens (tertiary/aromatic N) is 3. The summed E-state index contributed by atoms with van der Waals surface area (Å²) in [5, 5.41) is 7.93. The Labute approximate surface area is 180 Å². The monoisotopic (exact) mass is 418 g/mol. The highest BCUT2D eigenvalue weighted by molar-refractivity contribution is 5.95. The SMILES string of the molecule is Cc1c(C(=O)NC[C@@H]2CCCO2)oc2c1-c1nn(Cc3ccccn3)cc1C1(CC1)C2. The lowest BCUT2D eigenvalue weighted by molar-refractivity contribution is 0.0833. The maximum absolute atomic E-state index is 12.9. The van der Waals surface area contributed by atoms with Crippen LogP contribution in [0.1, 0.15) is 58.8 Å². The summed E-state index contributed by atoms with van der Waals surface area (Å²) in [5.74, 6) is 1.14. The van der Waals surface area contributed by atoms with E-state index in [1.807, 2.05) is 29.8 Å². The maximum Gasteiger partial charge on any atom is 0.287 e. The molecule has 160 valence electrons. The normalized spacial score (nSPS) is 20.5. The smallest absolute Gasteiger partial charge is 0.287 e. The minimum absolute atomic E-state index is 0.109. The van der Waals surface area contributed by atoms with E-state index in [0.717, 1.165) is 67.0 Å². The van der Waals surface area contributed by atoms with Gasteiger partial charge in [0.05, 0.1) is 24.0 Å². The van der Waals surface area contributed by atoms with E-state index in [9.17, 15) is 4.79 Å². The largest absolute Gasteiger partial charge is 0.455 e. The molecule has 7 nitrogen and oxygen atoms in total. The van der Waals surface area contributed by atoms with Crippen LogP contribution in [0, 0.1) is 6.92 Å². The van der Waals surface area contributed by atoms with Crippen molar-refractivity contribution in [2.75, 3.05) is 13.2 Å². The molecule has 3 aromatic rings. The average Bonchev–Trinajstić information content (AvgIpc) is 3.13. The third kappa shape index (κ3) is 3.19. The van der Waals surface area contributed by atoms with E-state index in [1.54, 1.807) is 6.20 Å². The third-order valence-corrected chi connectivity index (χ3v) is 6.91. The number of hydrogen-bond acceptors (Lipinski definition) is 5. The van der Waals surface area contributed by atoms with Crippen molar-refractivity contribution in [3.63, 3.8) is 0 Å². The fraction of sp³-hybridized carbons (Fsp3) is 0.458. The predicted molar refractivity (Wildman–Crippen MR) is 114 cm³/mol. The van der Waals surface area contributed by atoms with Crippen LogP contribution in [0.2, 0.25) is 0 Å². The molecule has 7 heteroatoms. The third-order valence-electron chi connectivity index (χ3n) is 6.91. The van der Waals surface area contributed by atoms with Crippen LogP contribution in [-0.2, 0) is 23.1 Å². The van der Waals surface area contributed by atoms with Crippen LogP contribution in [0.3, 0.4) is 0 Å². The van der Waals surface area contributed by atoms with Gasteiger partial charge < -0.3 is 14.5 Å². The maximum atomic E-state index is 12.9. The van der Waals surface area contributed by atoms with Gasteiger partial charge in [-0.25, -0.2) is 0 Å². The summed E-state index contributed by atoms with van der Waals surface area (Å²) >= 11 is 0. The number of furan rings is 1. The lowest BCUT2D eigenvalue weighted by atomic mass is 9.82. The molecule has 1 N–H and O–H groups in total. The molecule has 0 unspecified atom stereocenters. The highest BCUT2D eigenvalue weighted by Gasteiger charge is 2.52. The van der Waals surface area contributed by atoms with Gasteiger partial charge in [0.1, 0.15) is 5.76 Å². The summed E-state index contributed by atoms with van der Waals surface area (Å²) < 4.78 is 13.8. The fourth-order valence-electron chi connectivity index (χ4n) is 5.05. The van der Waals surface area contributed by atoms with Crippen molar-refractivity contribution in [2.45, 2.75) is 57.1 Å². The van der Waals surface area contributed by atoms with E-state index in [2.05, 4.69) is 16.5 Å². The van der Waals surface area contributed by atoms with Crippen LogP contribution < -0.4 is 5.32 Å². The molecule has 2 aliphatic carbocycles. The minimum atomic E-state index is -0.165. The Hall–Kier alpha value is -2.93. The molecule has 0 radical (unpaired) electrons. The van der Waals surface area contributed by atoms with E-state index < -0.39 is 0 Å². The first-order chi connectivity index (χ1) is 15.1. The molecule has 1 saturated carbocycles. The first kappa shape index (κ1) is 18.8. The standard InChI is InChI=1S/C24H26N4O3/c1-15-20-19(31-22(15)23(29)26-12-17-6-4-10-30-17)11-24(7-8-24)18-14-28(27-21(18)20)13-16-5-2-3-9-25-16/h2-3,5,9,14,17H,4,6-8,10-13H2,1H3,(H,26,29)/t17-/m0/s1. The van der Waals surface area contributed by atoms with Gasteiger partial charge in [0.2, 0.25) is 0 Å². The average molecular weight is 418 g/mol. The summed E-state index contributed by atoms with van der Waals surface area (Å²) in [6.07, 6.45) is 9.24. The van der Waals surface area contributed by atoms with Crippen molar-refractivity contribution in [1.29, 1.82) is 0 Å². The summed E-state index contributed by atoms with van der Waals surface area (Å²) in [6, 6.07) is 5.93. The second-order valence-electron chi connectivity index (χ2n) is 9.07. The van der Waals surface area contributed by atoms with E-state index in [-0.39, 0.29) is 17.4 Å². The lowest BCUT2D eigenvalue weighted by Gasteiger charge is -2.19. The molecular weight excluding hydrogens is 392 g/mol. The number of hydrogen-bond donors (Lipinski definition) is 1. The van der Waals surface area contributed by atoms with E-state index in [4.69, 9.17) is 14.3 Å². The molecule has 31 heavy (non-hydrogen) atoms. The summed E-state index contributed by atoms with van der Waals surface area (Å²) in [4.78, 5) is 17.3. The van der Waals surface area contributed by atoms with Crippen LogP contribution in [0.4, 0.5) is 0 Å². The number of nitrogens with one attached hydrogen (secondary N) is 1. The molecule has 6 rings (SSSR count). The van der Waals surface area contributed by atoms with Crippen molar-refractivity contribution < 1.29 is 13.9 Å². The van der Waals surface area contributed by atoms with Crippen LogP contribution >= 0.6 is 0 Å². The molecule has 3 aliphatic rings. The zero-order valence-corrected chi connectivity index (χ0v) is 17.7. The molecule has 1 aliphatic heterocycles. The Balaban J connectivity index is 1.32. The van der Waals surface area contributed by atoms with Gasteiger partial charge in [0.25, 0.3) is 5.91 Å². The van der Waals surface area contributed by atoms with Crippen LogP contribution in [0.15, 0.2) is 35.0 Å². The first-order valence-corrected chi connectivity index (χ1v) is 11.1. The number of rotatable bonds is 5. The van der Waals surface area contributed by atoms with Gasteiger partial charge in [0.15, 0.2) is 5.76 Å². The number of aromatic nitrogens is 3. The molecule has 0 aromatic carbocycles. The topological polar surface area (TPSA) is 82.2 Å². The molecule has 4 heterocycles. The summed E-state index contributed by atoms with van der Waals surface area (Å²) in [6.45, 7) is 3.90. The highest BCUT2D eigenvalue weighted by Crippen LogP contribution is 2.58. The van der Waals surface area contributed by atoms with Gasteiger partial charge in [-0.3, -0.25) is 14.5 Å². The van der Waals surface area contributed by atoms with Gasteiger partial charge in [-0.05, 0) is 44.7 Å². The Bertz CT molecular complexity index is 1140. The number of ether oxygens (including phenoxy) is 1. The molecular formula is C24H26N4O3. The van der Waals surface area contributed by atoms with Gasteiger partial charge in [-0.15, -0.1) is 0 Å².